The Labute approximate surface area is 159 Å². The average molecular weight is 390 g/mol. The number of benzene rings is 1. The number of methoxy groups -OCH3 is 2. The van der Waals surface area contributed by atoms with Crippen LogP contribution >= 0.6 is 0 Å². The molecule has 156 valence electrons. The van der Waals surface area contributed by atoms with Gasteiger partial charge < -0.3 is 34.6 Å². The number of ether oxygens (including phenoxy) is 3. The van der Waals surface area contributed by atoms with Crippen LogP contribution < -0.4 is 0 Å². The first-order valence-corrected chi connectivity index (χ1v) is 8.19. The molecule has 0 aliphatic heterocycles. The Morgan fingerprint density at radius 2 is 1.15 bits per heavy atom. The zero-order valence-electron chi connectivity index (χ0n) is 16.0. The first kappa shape index (κ1) is 27.2. The van der Waals surface area contributed by atoms with Crippen LogP contribution in [0.15, 0.2) is 24.3 Å². The Kier molecular flexibility index (Phi) is 18.9. The Balaban J connectivity index is 0. The largest absolute Gasteiger partial charge is 0.465 e. The number of rotatable bonds is 8. The van der Waals surface area contributed by atoms with Crippen LogP contribution in [-0.2, 0) is 14.2 Å². The molecule has 0 amide bonds. The third-order valence-electron chi connectivity index (χ3n) is 2.82. The second kappa shape index (κ2) is 18.7. The normalized spacial score (nSPS) is 9.48. The molecular weight excluding hydrogens is 360 g/mol. The summed E-state index contributed by atoms with van der Waals surface area (Å²) in [5, 5.41) is 32.5. The fourth-order valence-corrected chi connectivity index (χ4v) is 1.27. The summed E-state index contributed by atoms with van der Waals surface area (Å²) in [6.45, 7) is 2.63. The van der Waals surface area contributed by atoms with E-state index in [0.717, 1.165) is 0 Å². The van der Waals surface area contributed by atoms with E-state index >= 15 is 0 Å². The van der Waals surface area contributed by atoms with Crippen molar-refractivity contribution in [1.82, 2.24) is 0 Å². The molecule has 0 spiro atoms. The standard InChI is InChI=1S/C10H10O4.C4H10O3.C4H10O2/c1-13-9(11)7-3-5-8(6-4-7)10(12)14-2;5-1-3-7-4-2-6;1-4(2-5)3-6/h3-6H,1-2H3;5-6H,1-4H2;4-6H,2-3H2,1H3. The topological polar surface area (TPSA) is 143 Å². The van der Waals surface area contributed by atoms with Crippen LogP contribution in [0.1, 0.15) is 27.6 Å². The minimum absolute atomic E-state index is 0.0278. The SMILES string of the molecule is CC(CO)CO.COC(=O)c1ccc(C(=O)OC)cc1.OCCOCCO. The van der Waals surface area contributed by atoms with Crippen LogP contribution in [0.2, 0.25) is 0 Å². The molecule has 0 radical (unpaired) electrons. The maximum absolute atomic E-state index is 11.0. The molecule has 9 nitrogen and oxygen atoms in total. The summed E-state index contributed by atoms with van der Waals surface area (Å²) in [5.41, 5.74) is 0.806. The van der Waals surface area contributed by atoms with Crippen LogP contribution in [0, 0.1) is 5.92 Å². The Morgan fingerprint density at radius 3 is 1.33 bits per heavy atom. The maximum Gasteiger partial charge on any atom is 0.337 e. The molecular formula is C18H30O9. The van der Waals surface area contributed by atoms with E-state index in [2.05, 4.69) is 14.2 Å². The van der Waals surface area contributed by atoms with Crippen molar-refractivity contribution < 1.29 is 44.2 Å². The van der Waals surface area contributed by atoms with Crippen LogP contribution in [0.3, 0.4) is 0 Å². The number of carbonyl (C=O) groups excluding carboxylic acids is 2. The molecule has 4 N–H and O–H groups in total. The molecule has 0 fully saturated rings. The maximum atomic E-state index is 11.0. The van der Waals surface area contributed by atoms with Gasteiger partial charge >= 0.3 is 11.9 Å². The number of hydrogen-bond donors (Lipinski definition) is 4. The summed E-state index contributed by atoms with van der Waals surface area (Å²) in [5.74, 6) is -0.812. The number of esters is 2. The van der Waals surface area contributed by atoms with Crippen LogP contribution in [0.4, 0.5) is 0 Å². The Hall–Kier alpha value is -2.04. The molecule has 0 heterocycles. The Morgan fingerprint density at radius 1 is 0.815 bits per heavy atom. The molecule has 0 saturated heterocycles. The molecule has 0 unspecified atom stereocenters. The van der Waals surface area contributed by atoms with Crippen LogP contribution in [-0.4, -0.2) is 86.2 Å². The molecule has 1 rings (SSSR count). The summed E-state index contributed by atoms with van der Waals surface area (Å²) >= 11 is 0. The summed E-state index contributed by atoms with van der Waals surface area (Å²) in [4.78, 5) is 22.1. The van der Waals surface area contributed by atoms with Crippen molar-refractivity contribution in [3.8, 4) is 0 Å². The van der Waals surface area contributed by atoms with Gasteiger partial charge in [0.2, 0.25) is 0 Å². The van der Waals surface area contributed by atoms with E-state index in [1.54, 1.807) is 6.92 Å². The van der Waals surface area contributed by atoms with Crippen molar-refractivity contribution in [3.63, 3.8) is 0 Å². The quantitative estimate of drug-likeness (QED) is 0.352. The summed E-state index contributed by atoms with van der Waals surface area (Å²) in [6.07, 6.45) is 0. The molecule has 0 aliphatic carbocycles. The lowest BCUT2D eigenvalue weighted by Crippen LogP contribution is -2.04. The Bertz CT molecular complexity index is 445. The van der Waals surface area contributed by atoms with Gasteiger partial charge in [0.15, 0.2) is 0 Å². The van der Waals surface area contributed by atoms with E-state index in [-0.39, 0.29) is 32.3 Å². The van der Waals surface area contributed by atoms with Gasteiger partial charge in [-0.1, -0.05) is 6.92 Å². The zero-order valence-corrected chi connectivity index (χ0v) is 16.0. The third kappa shape index (κ3) is 14.8. The van der Waals surface area contributed by atoms with Crippen molar-refractivity contribution in [2.24, 2.45) is 5.92 Å². The van der Waals surface area contributed by atoms with E-state index in [9.17, 15) is 9.59 Å². The minimum atomic E-state index is -0.429. The van der Waals surface area contributed by atoms with Crippen molar-refractivity contribution in [2.45, 2.75) is 6.92 Å². The molecule has 0 atom stereocenters. The lowest BCUT2D eigenvalue weighted by atomic mass is 10.1. The molecule has 27 heavy (non-hydrogen) atoms. The second-order valence-electron chi connectivity index (χ2n) is 5.09. The molecule has 0 aliphatic rings. The van der Waals surface area contributed by atoms with E-state index in [0.29, 0.717) is 24.3 Å². The van der Waals surface area contributed by atoms with Gasteiger partial charge in [-0.2, -0.15) is 0 Å². The predicted octanol–water partition coefficient (Wildman–Crippen LogP) is -0.145. The fourth-order valence-electron chi connectivity index (χ4n) is 1.27. The van der Waals surface area contributed by atoms with E-state index < -0.39 is 11.9 Å². The van der Waals surface area contributed by atoms with Gasteiger partial charge in [0.25, 0.3) is 0 Å². The molecule has 0 saturated carbocycles. The van der Waals surface area contributed by atoms with E-state index in [4.69, 9.17) is 20.4 Å². The van der Waals surface area contributed by atoms with Crippen molar-refractivity contribution >= 4 is 11.9 Å². The van der Waals surface area contributed by atoms with Gasteiger partial charge in [-0.3, -0.25) is 0 Å². The average Bonchev–Trinajstić information content (AvgIpc) is 2.73. The summed E-state index contributed by atoms with van der Waals surface area (Å²) in [6, 6.07) is 6.05. The highest BCUT2D eigenvalue weighted by molar-refractivity contribution is 5.93. The lowest BCUT2D eigenvalue weighted by Gasteiger charge is -2.00. The van der Waals surface area contributed by atoms with E-state index in [1.165, 1.54) is 38.5 Å². The van der Waals surface area contributed by atoms with Gasteiger partial charge in [0.05, 0.1) is 51.8 Å². The summed E-state index contributed by atoms with van der Waals surface area (Å²) < 4.78 is 13.6. The fraction of sp³-hybridized carbons (Fsp3) is 0.556. The summed E-state index contributed by atoms with van der Waals surface area (Å²) in [7, 11) is 2.60. The number of carbonyl (C=O) groups is 2. The van der Waals surface area contributed by atoms with Gasteiger partial charge in [-0.15, -0.1) is 0 Å². The first-order chi connectivity index (χ1) is 12.9. The predicted molar refractivity (Wildman–Crippen MR) is 97.4 cm³/mol. The number of hydrogen-bond acceptors (Lipinski definition) is 9. The molecule has 0 aromatic heterocycles. The molecule has 9 heteroatoms. The van der Waals surface area contributed by atoms with Crippen LogP contribution in [0.5, 0.6) is 0 Å². The van der Waals surface area contributed by atoms with Gasteiger partial charge in [0.1, 0.15) is 0 Å². The third-order valence-corrected chi connectivity index (χ3v) is 2.82. The first-order valence-electron chi connectivity index (χ1n) is 8.19. The van der Waals surface area contributed by atoms with Gasteiger partial charge in [-0.25, -0.2) is 9.59 Å². The minimum Gasteiger partial charge on any atom is -0.465 e. The lowest BCUT2D eigenvalue weighted by molar-refractivity contribution is 0.0586. The van der Waals surface area contributed by atoms with Gasteiger partial charge in [-0.05, 0) is 24.3 Å². The van der Waals surface area contributed by atoms with Crippen molar-refractivity contribution in [3.05, 3.63) is 35.4 Å². The molecule has 1 aromatic carbocycles. The van der Waals surface area contributed by atoms with Gasteiger partial charge in [0, 0.05) is 19.1 Å². The number of aliphatic hydroxyl groups is 4. The van der Waals surface area contributed by atoms with E-state index in [1.807, 2.05) is 0 Å². The number of aliphatic hydroxyl groups excluding tert-OH is 4. The zero-order chi connectivity index (χ0) is 21.1. The highest BCUT2D eigenvalue weighted by atomic mass is 16.5. The van der Waals surface area contributed by atoms with Crippen molar-refractivity contribution in [2.75, 3.05) is 53.9 Å². The second-order valence-corrected chi connectivity index (χ2v) is 5.09. The van der Waals surface area contributed by atoms with Crippen molar-refractivity contribution in [1.29, 1.82) is 0 Å². The van der Waals surface area contributed by atoms with Crippen LogP contribution in [0.25, 0.3) is 0 Å². The molecule has 0 bridgehead atoms. The smallest absolute Gasteiger partial charge is 0.337 e. The monoisotopic (exact) mass is 390 g/mol. The highest BCUT2D eigenvalue weighted by Crippen LogP contribution is 2.06. The highest BCUT2D eigenvalue weighted by Gasteiger charge is 2.08. The molecule has 1 aromatic rings.